The molecule has 0 aromatic carbocycles. The molecular formula is C13H21O2Si. The summed E-state index contributed by atoms with van der Waals surface area (Å²) >= 11 is 0. The molecule has 16 heavy (non-hydrogen) atoms. The lowest BCUT2D eigenvalue weighted by atomic mass is 10.00. The monoisotopic (exact) mass is 237 g/mol. The highest BCUT2D eigenvalue weighted by atomic mass is 28.3. The average molecular weight is 237 g/mol. The van der Waals surface area contributed by atoms with Crippen LogP contribution in [0.5, 0.6) is 0 Å². The molecule has 1 radical (unpaired) electrons. The zero-order valence-electron chi connectivity index (χ0n) is 10.7. The van der Waals surface area contributed by atoms with Crippen LogP contribution in [0.4, 0.5) is 0 Å². The quantitative estimate of drug-likeness (QED) is 0.425. The number of methoxy groups -OCH3 is 1. The first-order valence-corrected chi connectivity index (χ1v) is 9.11. The van der Waals surface area contributed by atoms with Crippen LogP contribution in [0.3, 0.4) is 0 Å². The predicted molar refractivity (Wildman–Crippen MR) is 69.5 cm³/mol. The maximum atomic E-state index is 5.73. The molecular weight excluding hydrogens is 216 g/mol. The first-order valence-electron chi connectivity index (χ1n) is 5.61. The minimum Gasteiger partial charge on any atom is -0.359 e. The molecule has 0 aliphatic heterocycles. The van der Waals surface area contributed by atoms with Gasteiger partial charge in [-0.2, -0.15) is 0 Å². The second-order valence-electron chi connectivity index (χ2n) is 5.14. The van der Waals surface area contributed by atoms with Crippen LogP contribution < -0.4 is 0 Å². The summed E-state index contributed by atoms with van der Waals surface area (Å²) in [4.78, 5) is 0. The van der Waals surface area contributed by atoms with E-state index in [-0.39, 0.29) is 5.60 Å². The highest BCUT2D eigenvalue weighted by Crippen LogP contribution is 2.29. The van der Waals surface area contributed by atoms with Gasteiger partial charge >= 0.3 is 0 Å². The van der Waals surface area contributed by atoms with Crippen LogP contribution in [0, 0.1) is 17.9 Å². The van der Waals surface area contributed by atoms with Crippen molar-refractivity contribution in [2.75, 3.05) is 13.9 Å². The Morgan fingerprint density at radius 1 is 1.38 bits per heavy atom. The molecule has 0 fully saturated rings. The maximum absolute atomic E-state index is 5.73. The predicted octanol–water partition coefficient (Wildman–Crippen LogP) is 2.78. The van der Waals surface area contributed by atoms with Gasteiger partial charge in [-0.15, -0.1) is 11.5 Å². The van der Waals surface area contributed by atoms with Crippen LogP contribution in [0.1, 0.15) is 12.8 Å². The highest BCUT2D eigenvalue weighted by Gasteiger charge is 2.30. The van der Waals surface area contributed by atoms with Crippen molar-refractivity contribution in [1.29, 1.82) is 0 Å². The van der Waals surface area contributed by atoms with E-state index in [0.29, 0.717) is 6.79 Å². The summed E-state index contributed by atoms with van der Waals surface area (Å²) in [5, 5.41) is 0. The van der Waals surface area contributed by atoms with Gasteiger partial charge in [0.2, 0.25) is 0 Å². The Morgan fingerprint density at radius 2 is 2.12 bits per heavy atom. The van der Waals surface area contributed by atoms with E-state index in [4.69, 9.17) is 9.47 Å². The first kappa shape index (κ1) is 13.5. The van der Waals surface area contributed by atoms with Gasteiger partial charge in [-0.3, -0.25) is 0 Å². The number of hydrogen-bond donors (Lipinski definition) is 0. The van der Waals surface area contributed by atoms with Crippen molar-refractivity contribution >= 4 is 8.07 Å². The first-order chi connectivity index (χ1) is 7.47. The van der Waals surface area contributed by atoms with E-state index in [1.165, 1.54) is 0 Å². The largest absolute Gasteiger partial charge is 0.359 e. The van der Waals surface area contributed by atoms with Crippen molar-refractivity contribution in [2.45, 2.75) is 38.1 Å². The highest BCUT2D eigenvalue weighted by molar-refractivity contribution is 6.83. The fourth-order valence-electron chi connectivity index (χ4n) is 1.50. The minimum absolute atomic E-state index is 0.247. The normalized spacial score (nSPS) is 24.2. The molecule has 1 atom stereocenters. The lowest BCUT2D eigenvalue weighted by molar-refractivity contribution is -0.103. The molecule has 1 unspecified atom stereocenters. The molecule has 0 aromatic heterocycles. The van der Waals surface area contributed by atoms with Crippen molar-refractivity contribution in [3.63, 3.8) is 0 Å². The molecule has 0 aromatic rings. The van der Waals surface area contributed by atoms with Gasteiger partial charge in [0.05, 0.1) is 0 Å². The van der Waals surface area contributed by atoms with Gasteiger partial charge in [-0.1, -0.05) is 31.8 Å². The van der Waals surface area contributed by atoms with Crippen LogP contribution in [-0.4, -0.2) is 27.6 Å². The molecule has 0 bridgehead atoms. The van der Waals surface area contributed by atoms with Crippen LogP contribution in [0.25, 0.3) is 0 Å². The van der Waals surface area contributed by atoms with Gasteiger partial charge in [0.1, 0.15) is 20.5 Å². The third kappa shape index (κ3) is 4.52. The summed E-state index contributed by atoms with van der Waals surface area (Å²) < 4.78 is 10.7. The summed E-state index contributed by atoms with van der Waals surface area (Å²) in [5.74, 6) is 3.28. The lowest BCUT2D eigenvalue weighted by Gasteiger charge is -2.25. The van der Waals surface area contributed by atoms with E-state index in [1.54, 1.807) is 7.11 Å². The standard InChI is InChI=1S/C13H21O2Si/c1-14-12-15-13(8-5-6-9-13)10-7-11-16(2,3)4/h5-6,8H,9-10,12H2,1-4H3. The van der Waals surface area contributed by atoms with Crippen molar-refractivity contribution < 1.29 is 9.47 Å². The average Bonchev–Trinajstić information content (AvgIpc) is 2.62. The summed E-state index contributed by atoms with van der Waals surface area (Å²) in [6.07, 6.45) is 7.91. The van der Waals surface area contributed by atoms with Gasteiger partial charge in [0.25, 0.3) is 0 Å². The van der Waals surface area contributed by atoms with Crippen molar-refractivity contribution in [1.82, 2.24) is 0 Å². The Hall–Kier alpha value is -0.563. The molecule has 2 nitrogen and oxygen atoms in total. The zero-order valence-corrected chi connectivity index (χ0v) is 11.7. The van der Waals surface area contributed by atoms with E-state index in [9.17, 15) is 0 Å². The lowest BCUT2D eigenvalue weighted by Crippen LogP contribution is -2.28. The minimum atomic E-state index is -1.28. The van der Waals surface area contributed by atoms with Gasteiger partial charge in [-0.25, -0.2) is 0 Å². The van der Waals surface area contributed by atoms with E-state index in [0.717, 1.165) is 12.8 Å². The van der Waals surface area contributed by atoms with Gasteiger partial charge in [0.15, 0.2) is 0 Å². The van der Waals surface area contributed by atoms with Crippen LogP contribution in [0.2, 0.25) is 19.6 Å². The van der Waals surface area contributed by atoms with Crippen molar-refractivity contribution in [2.24, 2.45) is 0 Å². The Balaban J connectivity index is 2.57. The van der Waals surface area contributed by atoms with E-state index >= 15 is 0 Å². The zero-order chi connectivity index (χ0) is 12.1. The molecule has 0 saturated heterocycles. The molecule has 89 valence electrons. The number of hydrogen-bond acceptors (Lipinski definition) is 2. The van der Waals surface area contributed by atoms with Gasteiger partial charge in [-0.05, 0) is 12.8 Å². The molecule has 3 heteroatoms. The molecule has 1 rings (SSSR count). The molecule has 0 saturated carbocycles. The molecule has 1 aliphatic carbocycles. The van der Waals surface area contributed by atoms with Crippen molar-refractivity contribution in [3.8, 4) is 11.5 Å². The molecule has 0 spiro atoms. The summed E-state index contributed by atoms with van der Waals surface area (Å²) in [6, 6.07) is 0. The van der Waals surface area contributed by atoms with Crippen LogP contribution in [-0.2, 0) is 9.47 Å². The Bertz CT molecular complexity index is 306. The topological polar surface area (TPSA) is 18.5 Å². The summed E-state index contributed by atoms with van der Waals surface area (Å²) in [5.41, 5.74) is 3.12. The third-order valence-electron chi connectivity index (χ3n) is 2.31. The maximum Gasteiger partial charge on any atom is 0.147 e. The van der Waals surface area contributed by atoms with Gasteiger partial charge in [0, 0.05) is 13.5 Å². The molecule has 1 aliphatic rings. The van der Waals surface area contributed by atoms with E-state index in [2.05, 4.69) is 43.6 Å². The fourth-order valence-corrected chi connectivity index (χ4v) is 2.12. The molecule has 0 heterocycles. The third-order valence-corrected chi connectivity index (χ3v) is 3.24. The molecule has 0 N–H and O–H groups in total. The Kier molecular flexibility index (Phi) is 4.79. The van der Waals surface area contributed by atoms with Crippen LogP contribution >= 0.6 is 0 Å². The van der Waals surface area contributed by atoms with Crippen LogP contribution in [0.15, 0.2) is 12.2 Å². The Labute approximate surface area is 100 Å². The van der Waals surface area contributed by atoms with Crippen molar-refractivity contribution in [3.05, 3.63) is 18.6 Å². The molecule has 0 amide bonds. The smallest absolute Gasteiger partial charge is 0.147 e. The van der Waals surface area contributed by atoms with Gasteiger partial charge < -0.3 is 9.47 Å². The number of allylic oxidation sites excluding steroid dienone is 1. The summed E-state index contributed by atoms with van der Waals surface area (Å²) in [7, 11) is 0.367. The van der Waals surface area contributed by atoms with E-state index < -0.39 is 8.07 Å². The second-order valence-corrected chi connectivity index (χ2v) is 9.89. The SMILES string of the molecule is COCOC1(CC#C[Si](C)(C)C)C=C[CH]C1. The second kappa shape index (κ2) is 5.67. The van der Waals surface area contributed by atoms with E-state index in [1.807, 2.05) is 6.08 Å². The number of rotatable bonds is 4. The Morgan fingerprint density at radius 3 is 2.62 bits per heavy atom. The summed E-state index contributed by atoms with van der Waals surface area (Å²) in [6.45, 7) is 7.07. The fraction of sp³-hybridized carbons (Fsp3) is 0.615. The number of ether oxygens (including phenoxy) is 2.